The summed E-state index contributed by atoms with van der Waals surface area (Å²) in [6.45, 7) is 3.14. The largest absolute Gasteiger partial charge is 0.368 e. The third kappa shape index (κ3) is 3.98. The maximum absolute atomic E-state index is 13.2. The maximum atomic E-state index is 13.2. The molecule has 0 radical (unpaired) electrons. The lowest BCUT2D eigenvalue weighted by molar-refractivity contribution is 0.623. The molecule has 7 nitrogen and oxygen atoms in total. The lowest BCUT2D eigenvalue weighted by Gasteiger charge is -2.36. The van der Waals surface area contributed by atoms with Crippen LogP contribution in [0, 0.1) is 5.82 Å². The second-order valence-corrected chi connectivity index (χ2v) is 7.90. The summed E-state index contributed by atoms with van der Waals surface area (Å²) >= 11 is 6.01. The van der Waals surface area contributed by atoms with Crippen LogP contribution in [0.15, 0.2) is 54.7 Å². The second-order valence-electron chi connectivity index (χ2n) is 7.46. The molecule has 9 heteroatoms. The van der Waals surface area contributed by atoms with Crippen LogP contribution in [0.1, 0.15) is 0 Å². The Hall–Kier alpha value is -3.39. The normalized spacial score (nSPS) is 14.3. The summed E-state index contributed by atoms with van der Waals surface area (Å²) in [5.74, 6) is 1.14. The third-order valence-corrected chi connectivity index (χ3v) is 5.69. The molecule has 0 aliphatic carbocycles. The van der Waals surface area contributed by atoms with Gasteiger partial charge in [-0.3, -0.25) is 4.68 Å². The summed E-state index contributed by atoms with van der Waals surface area (Å²) in [4.78, 5) is 14.0. The van der Waals surface area contributed by atoms with Crippen LogP contribution in [0.4, 0.5) is 27.5 Å². The first-order valence-electron chi connectivity index (χ1n) is 10.0. The number of fused-ring (bicyclic) bond motifs is 1. The van der Waals surface area contributed by atoms with Crippen molar-refractivity contribution in [3.8, 4) is 0 Å². The van der Waals surface area contributed by atoms with Crippen molar-refractivity contribution in [1.29, 1.82) is 0 Å². The van der Waals surface area contributed by atoms with Gasteiger partial charge in [-0.25, -0.2) is 4.39 Å². The number of hydrogen-bond donors (Lipinski definition) is 1. The molecular weight excluding hydrogens is 417 g/mol. The smallest absolute Gasteiger partial charge is 0.229 e. The van der Waals surface area contributed by atoms with Crippen molar-refractivity contribution < 1.29 is 4.39 Å². The number of benzene rings is 2. The number of halogens is 2. The summed E-state index contributed by atoms with van der Waals surface area (Å²) in [5.41, 5.74) is 2.68. The van der Waals surface area contributed by atoms with Gasteiger partial charge in [0.25, 0.3) is 0 Å². The fourth-order valence-electron chi connectivity index (χ4n) is 3.73. The van der Waals surface area contributed by atoms with Gasteiger partial charge in [-0.2, -0.15) is 15.1 Å². The van der Waals surface area contributed by atoms with E-state index in [4.69, 9.17) is 21.6 Å². The SMILES string of the molecule is Cn1ncc2c(Nc3ccc(Cl)cc3)nc(N3CCN(c4ccc(F)cc4)CC3)nc21. The molecule has 158 valence electrons. The fourth-order valence-corrected chi connectivity index (χ4v) is 3.86. The van der Waals surface area contributed by atoms with Crippen molar-refractivity contribution in [2.24, 2.45) is 7.05 Å². The standard InChI is InChI=1S/C22H21ClFN7/c1-29-21-19(14-25-29)20(26-17-6-2-15(23)3-7-17)27-22(28-21)31-12-10-30(11-13-31)18-8-4-16(24)5-9-18/h2-9,14H,10-13H2,1H3,(H,26,27,28). The molecule has 1 aliphatic rings. The number of aromatic nitrogens is 4. The minimum Gasteiger partial charge on any atom is -0.368 e. The summed E-state index contributed by atoms with van der Waals surface area (Å²) in [6, 6.07) is 14.1. The zero-order valence-corrected chi connectivity index (χ0v) is 17.7. The highest BCUT2D eigenvalue weighted by Gasteiger charge is 2.22. The highest BCUT2D eigenvalue weighted by atomic mass is 35.5. The van der Waals surface area contributed by atoms with Gasteiger partial charge in [0.15, 0.2) is 5.65 Å². The highest BCUT2D eigenvalue weighted by molar-refractivity contribution is 6.30. The van der Waals surface area contributed by atoms with Crippen LogP contribution < -0.4 is 15.1 Å². The van der Waals surface area contributed by atoms with E-state index < -0.39 is 0 Å². The molecule has 0 bridgehead atoms. The van der Waals surface area contributed by atoms with Crippen LogP contribution in [0.5, 0.6) is 0 Å². The highest BCUT2D eigenvalue weighted by Crippen LogP contribution is 2.27. The van der Waals surface area contributed by atoms with Gasteiger partial charge in [-0.1, -0.05) is 11.6 Å². The molecule has 2 aromatic heterocycles. The van der Waals surface area contributed by atoms with Gasteiger partial charge < -0.3 is 15.1 Å². The Kier molecular flexibility index (Phi) is 5.07. The van der Waals surface area contributed by atoms with Crippen molar-refractivity contribution in [1.82, 2.24) is 19.7 Å². The Morgan fingerprint density at radius 1 is 0.903 bits per heavy atom. The van der Waals surface area contributed by atoms with Crippen molar-refractivity contribution in [3.63, 3.8) is 0 Å². The van der Waals surface area contributed by atoms with Crippen molar-refractivity contribution >= 4 is 45.8 Å². The van der Waals surface area contributed by atoms with E-state index in [0.717, 1.165) is 48.6 Å². The molecule has 31 heavy (non-hydrogen) atoms. The molecule has 0 atom stereocenters. The Morgan fingerprint density at radius 3 is 2.29 bits per heavy atom. The Morgan fingerprint density at radius 2 is 1.58 bits per heavy atom. The van der Waals surface area contributed by atoms with Crippen LogP contribution >= 0.6 is 11.6 Å². The zero-order chi connectivity index (χ0) is 21.4. The van der Waals surface area contributed by atoms with E-state index in [9.17, 15) is 4.39 Å². The Bertz CT molecular complexity index is 1200. The first kappa shape index (κ1) is 19.6. The molecule has 1 N–H and O–H groups in total. The summed E-state index contributed by atoms with van der Waals surface area (Å²) in [5, 5.41) is 9.26. The van der Waals surface area contributed by atoms with E-state index >= 15 is 0 Å². The quantitative estimate of drug-likeness (QED) is 0.515. The third-order valence-electron chi connectivity index (χ3n) is 5.44. The topological polar surface area (TPSA) is 62.1 Å². The van der Waals surface area contributed by atoms with Crippen LogP contribution in [-0.2, 0) is 7.05 Å². The molecule has 4 aromatic rings. The molecule has 2 aromatic carbocycles. The molecule has 0 saturated carbocycles. The van der Waals surface area contributed by atoms with Crippen molar-refractivity contribution in [2.75, 3.05) is 41.3 Å². The summed E-state index contributed by atoms with van der Waals surface area (Å²) in [7, 11) is 1.87. The van der Waals surface area contributed by atoms with Crippen LogP contribution in [0.3, 0.4) is 0 Å². The Labute approximate surface area is 184 Å². The van der Waals surface area contributed by atoms with Crippen LogP contribution in [-0.4, -0.2) is 45.9 Å². The molecule has 1 saturated heterocycles. The van der Waals surface area contributed by atoms with Gasteiger partial charge in [-0.15, -0.1) is 0 Å². The number of nitrogens with one attached hydrogen (secondary N) is 1. The van der Waals surface area contributed by atoms with Gasteiger partial charge in [0.05, 0.1) is 11.6 Å². The minimum atomic E-state index is -0.221. The van der Waals surface area contributed by atoms with E-state index in [1.54, 1.807) is 10.9 Å². The predicted octanol–water partition coefficient (Wildman–Crippen LogP) is 4.23. The predicted molar refractivity (Wildman–Crippen MR) is 122 cm³/mol. The number of anilines is 4. The molecule has 0 amide bonds. The number of aryl methyl sites for hydroxylation is 1. The van der Waals surface area contributed by atoms with Gasteiger partial charge in [-0.05, 0) is 48.5 Å². The zero-order valence-electron chi connectivity index (χ0n) is 17.0. The molecule has 1 aliphatic heterocycles. The Balaban J connectivity index is 1.40. The minimum absolute atomic E-state index is 0.221. The first-order chi connectivity index (χ1) is 15.1. The van der Waals surface area contributed by atoms with E-state index in [2.05, 4.69) is 20.2 Å². The molecular formula is C22H21ClFN7. The van der Waals surface area contributed by atoms with Gasteiger partial charge >= 0.3 is 0 Å². The number of nitrogens with zero attached hydrogens (tertiary/aromatic N) is 6. The van der Waals surface area contributed by atoms with Gasteiger partial charge in [0, 0.05) is 49.6 Å². The summed E-state index contributed by atoms with van der Waals surface area (Å²) < 4.78 is 15.0. The number of piperazine rings is 1. The lowest BCUT2D eigenvalue weighted by atomic mass is 10.2. The molecule has 1 fully saturated rings. The second kappa shape index (κ2) is 8.03. The molecule has 0 unspecified atom stereocenters. The van der Waals surface area contributed by atoms with Crippen LogP contribution in [0.2, 0.25) is 5.02 Å². The number of hydrogen-bond acceptors (Lipinski definition) is 6. The van der Waals surface area contributed by atoms with E-state index in [1.807, 2.05) is 43.4 Å². The monoisotopic (exact) mass is 437 g/mol. The maximum Gasteiger partial charge on any atom is 0.229 e. The lowest BCUT2D eigenvalue weighted by Crippen LogP contribution is -2.47. The van der Waals surface area contributed by atoms with Crippen molar-refractivity contribution in [2.45, 2.75) is 0 Å². The van der Waals surface area contributed by atoms with E-state index in [1.165, 1.54) is 12.1 Å². The fraction of sp³-hybridized carbons (Fsp3) is 0.227. The average molecular weight is 438 g/mol. The summed E-state index contributed by atoms with van der Waals surface area (Å²) in [6.07, 6.45) is 1.77. The average Bonchev–Trinajstić information content (AvgIpc) is 3.17. The molecule has 3 heterocycles. The number of rotatable bonds is 4. The first-order valence-corrected chi connectivity index (χ1v) is 10.4. The van der Waals surface area contributed by atoms with E-state index in [-0.39, 0.29) is 5.82 Å². The van der Waals surface area contributed by atoms with Gasteiger partial charge in [0.1, 0.15) is 11.6 Å². The van der Waals surface area contributed by atoms with Gasteiger partial charge in [0.2, 0.25) is 5.95 Å². The van der Waals surface area contributed by atoms with E-state index in [0.29, 0.717) is 16.8 Å². The van der Waals surface area contributed by atoms with Crippen molar-refractivity contribution in [3.05, 3.63) is 65.6 Å². The molecule has 5 rings (SSSR count). The van der Waals surface area contributed by atoms with Crippen LogP contribution in [0.25, 0.3) is 11.0 Å². The molecule has 0 spiro atoms.